The van der Waals surface area contributed by atoms with E-state index in [1.807, 2.05) is 31.2 Å². The third-order valence-corrected chi connectivity index (χ3v) is 3.27. The molecule has 0 saturated heterocycles. The van der Waals surface area contributed by atoms with Crippen molar-refractivity contribution in [1.29, 1.82) is 0 Å². The Morgan fingerprint density at radius 3 is 2.47 bits per heavy atom. The summed E-state index contributed by atoms with van der Waals surface area (Å²) in [5.41, 5.74) is 1.64. The summed E-state index contributed by atoms with van der Waals surface area (Å²) < 4.78 is 0. The van der Waals surface area contributed by atoms with E-state index in [0.717, 1.165) is 17.5 Å². The summed E-state index contributed by atoms with van der Waals surface area (Å²) in [4.78, 5) is 14.4. The molecular formula is C12H13NOS. The first-order valence-corrected chi connectivity index (χ1v) is 5.54. The second-order valence-corrected chi connectivity index (χ2v) is 4.17. The summed E-state index contributed by atoms with van der Waals surface area (Å²) in [5.74, 6) is 0.0463. The minimum Gasteiger partial charge on any atom is -0.296 e. The topological polar surface area (TPSA) is 20.3 Å². The van der Waals surface area contributed by atoms with Crippen LogP contribution in [0.15, 0.2) is 24.3 Å². The molecule has 78 valence electrons. The van der Waals surface area contributed by atoms with Crippen molar-refractivity contribution in [2.45, 2.75) is 26.3 Å². The standard InChI is InChI=1S/C12H13NOS/c1-3-8(2)13-11(14)9-6-4-5-7-10(9)12(13)15/h4-8H,3H2,1-2H3. The molecule has 2 rings (SSSR count). The van der Waals surface area contributed by atoms with Crippen LogP contribution < -0.4 is 0 Å². The van der Waals surface area contributed by atoms with Crippen LogP contribution in [-0.4, -0.2) is 21.8 Å². The molecule has 15 heavy (non-hydrogen) atoms. The van der Waals surface area contributed by atoms with E-state index in [-0.39, 0.29) is 11.9 Å². The maximum atomic E-state index is 12.0. The van der Waals surface area contributed by atoms with Crippen LogP contribution in [0.2, 0.25) is 0 Å². The summed E-state index contributed by atoms with van der Waals surface area (Å²) in [5, 5.41) is 0. The lowest BCUT2D eigenvalue weighted by molar-refractivity contribution is 0.0825. The lowest BCUT2D eigenvalue weighted by Crippen LogP contribution is -2.36. The van der Waals surface area contributed by atoms with Crippen molar-refractivity contribution in [3.05, 3.63) is 35.4 Å². The molecule has 3 heteroatoms. The molecule has 0 aliphatic carbocycles. The van der Waals surface area contributed by atoms with Crippen LogP contribution in [0.25, 0.3) is 0 Å². The SMILES string of the molecule is CCC(C)N1C(=O)c2ccccc2C1=S. The van der Waals surface area contributed by atoms with E-state index in [2.05, 4.69) is 6.92 Å². The van der Waals surface area contributed by atoms with Crippen LogP contribution in [0.3, 0.4) is 0 Å². The Morgan fingerprint density at radius 2 is 1.93 bits per heavy atom. The van der Waals surface area contributed by atoms with E-state index < -0.39 is 0 Å². The molecule has 0 bridgehead atoms. The largest absolute Gasteiger partial charge is 0.296 e. The number of rotatable bonds is 2. The van der Waals surface area contributed by atoms with Crippen molar-refractivity contribution in [3.8, 4) is 0 Å². The molecule has 1 aliphatic heterocycles. The highest BCUT2D eigenvalue weighted by molar-refractivity contribution is 7.80. The molecule has 1 amide bonds. The number of nitrogens with zero attached hydrogens (tertiary/aromatic N) is 1. The van der Waals surface area contributed by atoms with E-state index in [9.17, 15) is 4.79 Å². The quantitative estimate of drug-likeness (QED) is 0.713. The van der Waals surface area contributed by atoms with Crippen molar-refractivity contribution >= 4 is 23.1 Å². The predicted molar refractivity (Wildman–Crippen MR) is 64.1 cm³/mol. The second kappa shape index (κ2) is 3.74. The minimum atomic E-state index is 0.0463. The molecule has 1 aromatic carbocycles. The Balaban J connectivity index is 2.45. The number of benzene rings is 1. The normalized spacial score (nSPS) is 16.8. The van der Waals surface area contributed by atoms with Gasteiger partial charge in [-0.05, 0) is 19.4 Å². The van der Waals surface area contributed by atoms with Gasteiger partial charge in [0.25, 0.3) is 5.91 Å². The Kier molecular flexibility index (Phi) is 2.57. The predicted octanol–water partition coefficient (Wildman–Crippen LogP) is 2.62. The van der Waals surface area contributed by atoms with E-state index in [0.29, 0.717) is 4.99 Å². The minimum absolute atomic E-state index is 0.0463. The Bertz CT molecular complexity index is 392. The number of thiocarbonyl (C=S) groups is 1. The number of fused-ring (bicyclic) bond motifs is 1. The molecule has 1 atom stereocenters. The first-order chi connectivity index (χ1) is 7.16. The van der Waals surface area contributed by atoms with Gasteiger partial charge in [-0.3, -0.25) is 9.69 Å². The zero-order valence-corrected chi connectivity index (χ0v) is 9.67. The first kappa shape index (κ1) is 10.3. The van der Waals surface area contributed by atoms with Gasteiger partial charge in [0.1, 0.15) is 4.99 Å². The average Bonchev–Trinajstić information content (AvgIpc) is 2.52. The Labute approximate surface area is 94.9 Å². The average molecular weight is 219 g/mol. The van der Waals surface area contributed by atoms with Gasteiger partial charge in [-0.2, -0.15) is 0 Å². The maximum Gasteiger partial charge on any atom is 0.259 e. The van der Waals surface area contributed by atoms with Crippen LogP contribution in [0.1, 0.15) is 36.2 Å². The fourth-order valence-electron chi connectivity index (χ4n) is 1.79. The zero-order valence-electron chi connectivity index (χ0n) is 8.86. The lowest BCUT2D eigenvalue weighted by atomic mass is 10.1. The van der Waals surface area contributed by atoms with Crippen LogP contribution in [-0.2, 0) is 0 Å². The highest BCUT2D eigenvalue weighted by Gasteiger charge is 2.34. The molecule has 1 heterocycles. The third kappa shape index (κ3) is 1.47. The van der Waals surface area contributed by atoms with Crippen molar-refractivity contribution in [2.75, 3.05) is 0 Å². The molecule has 0 radical (unpaired) electrons. The zero-order chi connectivity index (χ0) is 11.0. The molecule has 0 fully saturated rings. The number of amides is 1. The van der Waals surface area contributed by atoms with Crippen molar-refractivity contribution in [2.24, 2.45) is 0 Å². The van der Waals surface area contributed by atoms with Gasteiger partial charge in [0.2, 0.25) is 0 Å². The number of carbonyl (C=O) groups excluding carboxylic acids is 1. The first-order valence-electron chi connectivity index (χ1n) is 5.13. The fraction of sp³-hybridized carbons (Fsp3) is 0.333. The van der Waals surface area contributed by atoms with E-state index in [4.69, 9.17) is 12.2 Å². The summed E-state index contributed by atoms with van der Waals surface area (Å²) in [6.45, 7) is 4.08. The van der Waals surface area contributed by atoms with Crippen molar-refractivity contribution in [3.63, 3.8) is 0 Å². The molecule has 1 unspecified atom stereocenters. The summed E-state index contributed by atoms with van der Waals surface area (Å²) in [7, 11) is 0. The Hall–Kier alpha value is -1.22. The van der Waals surface area contributed by atoms with Crippen LogP contribution in [0.4, 0.5) is 0 Å². The molecule has 0 aromatic heterocycles. The Morgan fingerprint density at radius 1 is 1.33 bits per heavy atom. The van der Waals surface area contributed by atoms with E-state index in [1.54, 1.807) is 4.90 Å². The van der Waals surface area contributed by atoms with E-state index in [1.165, 1.54) is 0 Å². The van der Waals surface area contributed by atoms with Gasteiger partial charge in [-0.15, -0.1) is 0 Å². The van der Waals surface area contributed by atoms with Gasteiger partial charge >= 0.3 is 0 Å². The number of carbonyl (C=O) groups is 1. The van der Waals surface area contributed by atoms with Gasteiger partial charge in [0.15, 0.2) is 0 Å². The molecule has 0 spiro atoms. The molecule has 0 saturated carbocycles. The van der Waals surface area contributed by atoms with E-state index >= 15 is 0 Å². The van der Waals surface area contributed by atoms with Crippen molar-refractivity contribution in [1.82, 2.24) is 4.90 Å². The summed E-state index contributed by atoms with van der Waals surface area (Å²) >= 11 is 5.32. The van der Waals surface area contributed by atoms with Gasteiger partial charge in [-0.25, -0.2) is 0 Å². The van der Waals surface area contributed by atoms with Gasteiger partial charge in [-0.1, -0.05) is 37.3 Å². The highest BCUT2D eigenvalue weighted by atomic mass is 32.1. The smallest absolute Gasteiger partial charge is 0.259 e. The monoisotopic (exact) mass is 219 g/mol. The molecule has 1 aliphatic rings. The highest BCUT2D eigenvalue weighted by Crippen LogP contribution is 2.25. The summed E-state index contributed by atoms with van der Waals surface area (Å²) in [6, 6.07) is 7.72. The lowest BCUT2D eigenvalue weighted by Gasteiger charge is -2.22. The van der Waals surface area contributed by atoms with Crippen LogP contribution in [0.5, 0.6) is 0 Å². The molecule has 1 aromatic rings. The van der Waals surface area contributed by atoms with Gasteiger partial charge in [0, 0.05) is 11.6 Å². The molecule has 0 N–H and O–H groups in total. The summed E-state index contributed by atoms with van der Waals surface area (Å²) in [6.07, 6.45) is 0.917. The second-order valence-electron chi connectivity index (χ2n) is 3.78. The van der Waals surface area contributed by atoms with Gasteiger partial charge in [0.05, 0.1) is 5.56 Å². The third-order valence-electron chi connectivity index (χ3n) is 2.86. The molecular weight excluding hydrogens is 206 g/mol. The molecule has 2 nitrogen and oxygen atoms in total. The number of hydrogen-bond donors (Lipinski definition) is 0. The fourth-order valence-corrected chi connectivity index (χ4v) is 2.23. The van der Waals surface area contributed by atoms with Gasteiger partial charge < -0.3 is 0 Å². The van der Waals surface area contributed by atoms with Crippen molar-refractivity contribution < 1.29 is 4.79 Å². The number of hydrogen-bond acceptors (Lipinski definition) is 2. The van der Waals surface area contributed by atoms with Crippen LogP contribution in [0, 0.1) is 0 Å². The maximum absolute atomic E-state index is 12.0. The van der Waals surface area contributed by atoms with Crippen LogP contribution >= 0.6 is 12.2 Å².